The lowest BCUT2D eigenvalue weighted by Crippen LogP contribution is -2.66. The number of benzene rings is 2. The van der Waals surface area contributed by atoms with Gasteiger partial charge >= 0.3 is 6.09 Å². The van der Waals surface area contributed by atoms with Gasteiger partial charge in [-0.15, -0.1) is 0 Å². The zero-order valence-electron chi connectivity index (χ0n) is 17.8. The number of carbonyl (C=O) groups excluding carboxylic acids is 1. The quantitative estimate of drug-likeness (QED) is 0.736. The summed E-state index contributed by atoms with van der Waals surface area (Å²) in [6.45, 7) is 7.66. The van der Waals surface area contributed by atoms with Gasteiger partial charge in [0.25, 0.3) is 0 Å². The summed E-state index contributed by atoms with van der Waals surface area (Å²) in [7, 11) is 0. The van der Waals surface area contributed by atoms with E-state index in [1.165, 1.54) is 0 Å². The highest BCUT2D eigenvalue weighted by molar-refractivity contribution is 5.84. The fourth-order valence-electron chi connectivity index (χ4n) is 6.13. The van der Waals surface area contributed by atoms with E-state index in [4.69, 9.17) is 14.2 Å². The van der Waals surface area contributed by atoms with Gasteiger partial charge in [-0.2, -0.15) is 0 Å². The van der Waals surface area contributed by atoms with Crippen LogP contribution in [-0.2, 0) is 9.47 Å². The van der Waals surface area contributed by atoms with Crippen molar-refractivity contribution in [2.75, 3.05) is 18.5 Å². The molecular formula is C25H29NO4. The molecule has 6 unspecified atom stereocenters. The van der Waals surface area contributed by atoms with Crippen molar-refractivity contribution in [3.63, 3.8) is 0 Å². The Morgan fingerprint density at radius 1 is 1.13 bits per heavy atom. The Morgan fingerprint density at radius 2 is 1.87 bits per heavy atom. The van der Waals surface area contributed by atoms with Crippen molar-refractivity contribution in [3.05, 3.63) is 60.2 Å². The molecule has 2 fully saturated rings. The molecule has 1 saturated heterocycles. The molecule has 0 aromatic heterocycles. The molecule has 2 bridgehead atoms. The standard InChI is InChI=1S/C25H29NO4/c1-16-13-24(3)21-17(2)25(16,15-29-23(27)26-18-9-5-4-6-10-18)14-28-22(21)19-11-7-8-12-20(19)30-24/h4-12,16-17,21-22H,13-15H2,1-3H3,(H,26,27). The van der Waals surface area contributed by atoms with E-state index in [-0.39, 0.29) is 23.0 Å². The Kier molecular flexibility index (Phi) is 4.55. The second-order valence-electron chi connectivity index (χ2n) is 9.40. The van der Waals surface area contributed by atoms with Crippen molar-refractivity contribution in [3.8, 4) is 5.75 Å². The molecule has 0 radical (unpaired) electrons. The van der Waals surface area contributed by atoms with E-state index in [2.05, 4.69) is 32.2 Å². The molecule has 1 N–H and O–H groups in total. The zero-order chi connectivity index (χ0) is 20.9. The van der Waals surface area contributed by atoms with Gasteiger partial charge in [-0.25, -0.2) is 4.79 Å². The number of para-hydroxylation sites is 2. The molecule has 5 heteroatoms. The summed E-state index contributed by atoms with van der Waals surface area (Å²) >= 11 is 0. The van der Waals surface area contributed by atoms with E-state index in [0.717, 1.165) is 23.4 Å². The fourth-order valence-corrected chi connectivity index (χ4v) is 6.13. The number of carbonyl (C=O) groups is 1. The number of rotatable bonds is 3. The first-order valence-corrected chi connectivity index (χ1v) is 10.8. The van der Waals surface area contributed by atoms with E-state index in [1.807, 2.05) is 48.5 Å². The van der Waals surface area contributed by atoms with E-state index in [1.54, 1.807) is 0 Å². The van der Waals surface area contributed by atoms with Crippen LogP contribution in [0.15, 0.2) is 54.6 Å². The molecule has 2 aromatic carbocycles. The molecule has 2 heterocycles. The Balaban J connectivity index is 1.38. The first-order valence-electron chi connectivity index (χ1n) is 10.8. The van der Waals surface area contributed by atoms with Crippen LogP contribution in [0.1, 0.15) is 38.9 Å². The van der Waals surface area contributed by atoms with Gasteiger partial charge in [0, 0.05) is 22.6 Å². The Morgan fingerprint density at radius 3 is 2.67 bits per heavy atom. The summed E-state index contributed by atoms with van der Waals surface area (Å²) in [5, 5.41) is 2.82. The van der Waals surface area contributed by atoms with Gasteiger partial charge < -0.3 is 14.2 Å². The van der Waals surface area contributed by atoms with Gasteiger partial charge in [-0.3, -0.25) is 5.32 Å². The van der Waals surface area contributed by atoms with Crippen LogP contribution in [0.5, 0.6) is 5.75 Å². The van der Waals surface area contributed by atoms with Gasteiger partial charge in [0.05, 0.1) is 12.7 Å². The molecule has 158 valence electrons. The smallest absolute Gasteiger partial charge is 0.411 e. The molecule has 1 aliphatic carbocycles. The summed E-state index contributed by atoms with van der Waals surface area (Å²) in [4.78, 5) is 12.4. The molecular weight excluding hydrogens is 378 g/mol. The SMILES string of the molecule is CC1CC2(C)Oc3ccccc3C3OCC1(COC(=O)Nc1ccccc1)C(C)C32. The Labute approximate surface area is 177 Å². The normalized spacial score (nSPS) is 36.2. The molecule has 5 nitrogen and oxygen atoms in total. The van der Waals surface area contributed by atoms with Gasteiger partial charge in [-0.1, -0.05) is 50.2 Å². The lowest BCUT2D eigenvalue weighted by molar-refractivity contribution is -0.259. The average molecular weight is 408 g/mol. The number of ether oxygens (including phenoxy) is 3. The monoisotopic (exact) mass is 407 g/mol. The maximum absolute atomic E-state index is 12.4. The maximum atomic E-state index is 12.4. The topological polar surface area (TPSA) is 56.8 Å². The van der Waals surface area contributed by atoms with Crippen molar-refractivity contribution in [1.82, 2.24) is 0 Å². The minimum atomic E-state index is -0.421. The first-order chi connectivity index (χ1) is 14.4. The molecule has 30 heavy (non-hydrogen) atoms. The second-order valence-corrected chi connectivity index (χ2v) is 9.40. The maximum Gasteiger partial charge on any atom is 0.411 e. The van der Waals surface area contributed by atoms with Crippen LogP contribution in [-0.4, -0.2) is 24.9 Å². The highest BCUT2D eigenvalue weighted by Gasteiger charge is 2.64. The van der Waals surface area contributed by atoms with Crippen LogP contribution in [0, 0.1) is 23.2 Å². The number of anilines is 1. The highest BCUT2D eigenvalue weighted by atomic mass is 16.6. The van der Waals surface area contributed by atoms with Crippen LogP contribution >= 0.6 is 0 Å². The minimum Gasteiger partial charge on any atom is -0.487 e. The van der Waals surface area contributed by atoms with Crippen LogP contribution < -0.4 is 10.1 Å². The van der Waals surface area contributed by atoms with Crippen molar-refractivity contribution < 1.29 is 19.0 Å². The fraction of sp³-hybridized carbons (Fsp3) is 0.480. The number of nitrogens with one attached hydrogen (secondary N) is 1. The van der Waals surface area contributed by atoms with Crippen molar-refractivity contribution >= 4 is 11.8 Å². The van der Waals surface area contributed by atoms with Gasteiger partial charge in [0.2, 0.25) is 0 Å². The highest BCUT2D eigenvalue weighted by Crippen LogP contribution is 2.63. The molecule has 1 amide bonds. The van der Waals surface area contributed by atoms with E-state index in [9.17, 15) is 4.79 Å². The Bertz CT molecular complexity index is 947. The van der Waals surface area contributed by atoms with Gasteiger partial charge in [-0.05, 0) is 43.4 Å². The first kappa shape index (κ1) is 19.4. The minimum absolute atomic E-state index is 0.0220. The Hall–Kier alpha value is -2.53. The summed E-state index contributed by atoms with van der Waals surface area (Å²) in [5.74, 6) is 1.75. The number of amides is 1. The molecule has 1 saturated carbocycles. The summed E-state index contributed by atoms with van der Waals surface area (Å²) < 4.78 is 18.8. The van der Waals surface area contributed by atoms with Crippen LogP contribution in [0.4, 0.5) is 10.5 Å². The van der Waals surface area contributed by atoms with Crippen molar-refractivity contribution in [1.29, 1.82) is 0 Å². The number of hydrogen-bond acceptors (Lipinski definition) is 4. The van der Waals surface area contributed by atoms with Crippen molar-refractivity contribution in [2.24, 2.45) is 23.2 Å². The van der Waals surface area contributed by atoms with Crippen LogP contribution in [0.2, 0.25) is 0 Å². The van der Waals surface area contributed by atoms with Crippen LogP contribution in [0.3, 0.4) is 0 Å². The molecule has 2 aliphatic heterocycles. The average Bonchev–Trinajstić information content (AvgIpc) is 2.73. The summed E-state index contributed by atoms with van der Waals surface area (Å²) in [5.41, 5.74) is 1.37. The molecule has 6 atom stereocenters. The predicted molar refractivity (Wildman–Crippen MR) is 114 cm³/mol. The van der Waals surface area contributed by atoms with Gasteiger partial charge in [0.15, 0.2) is 0 Å². The molecule has 2 aromatic rings. The summed E-state index contributed by atoms with van der Waals surface area (Å²) in [6.07, 6.45) is 0.518. The van der Waals surface area contributed by atoms with Crippen LogP contribution in [0.25, 0.3) is 0 Å². The molecule has 0 spiro atoms. The largest absolute Gasteiger partial charge is 0.487 e. The van der Waals surface area contributed by atoms with Gasteiger partial charge in [0.1, 0.15) is 18.0 Å². The lowest BCUT2D eigenvalue weighted by atomic mass is 9.50. The third-order valence-corrected chi connectivity index (χ3v) is 7.76. The predicted octanol–water partition coefficient (Wildman–Crippen LogP) is 5.44. The number of fused-ring (bicyclic) bond motifs is 3. The van der Waals surface area contributed by atoms with E-state index in [0.29, 0.717) is 25.0 Å². The van der Waals surface area contributed by atoms with E-state index >= 15 is 0 Å². The lowest BCUT2D eigenvalue weighted by Gasteiger charge is -2.63. The third kappa shape index (κ3) is 2.90. The van der Waals surface area contributed by atoms with E-state index < -0.39 is 6.09 Å². The third-order valence-electron chi connectivity index (χ3n) is 7.76. The number of hydrogen-bond donors (Lipinski definition) is 1. The molecule has 5 rings (SSSR count). The summed E-state index contributed by atoms with van der Waals surface area (Å²) in [6, 6.07) is 17.6. The molecule has 3 aliphatic rings. The second kappa shape index (κ2) is 7.02. The van der Waals surface area contributed by atoms with Crippen molar-refractivity contribution in [2.45, 2.75) is 38.9 Å². The zero-order valence-corrected chi connectivity index (χ0v) is 17.8.